The Morgan fingerprint density at radius 3 is 2.38 bits per heavy atom. The van der Waals surface area contributed by atoms with Gasteiger partial charge < -0.3 is 5.32 Å². The van der Waals surface area contributed by atoms with Gasteiger partial charge in [0.15, 0.2) is 5.82 Å². The molecule has 1 N–H and O–H groups in total. The minimum Gasteiger partial charge on any atom is -0.325 e. The lowest BCUT2D eigenvalue weighted by Gasteiger charge is -2.16. The van der Waals surface area contributed by atoms with Crippen LogP contribution in [0.25, 0.3) is 5.69 Å². The van der Waals surface area contributed by atoms with Gasteiger partial charge >= 0.3 is 6.18 Å². The maximum Gasteiger partial charge on any atom is 0.416 e. The highest BCUT2D eigenvalue weighted by atomic mass is 19.4. The number of anilines is 1. The molecule has 10 heteroatoms. The number of halogens is 3. The highest BCUT2D eigenvalue weighted by Gasteiger charge is 2.30. The van der Waals surface area contributed by atoms with Crippen LogP contribution in [-0.4, -0.2) is 44.6 Å². The summed E-state index contributed by atoms with van der Waals surface area (Å²) in [5, 5.41) is 14.1. The average Bonchev–Trinajstić information content (AvgIpc) is 3.11. The molecule has 0 bridgehead atoms. The molecule has 2 aromatic carbocycles. The molecule has 0 fully saturated rings. The fraction of sp³-hybridized carbons (Fsp3) is 0.263. The van der Waals surface area contributed by atoms with Crippen molar-refractivity contribution in [3.8, 4) is 5.69 Å². The van der Waals surface area contributed by atoms with Crippen LogP contribution in [-0.2, 0) is 17.5 Å². The van der Waals surface area contributed by atoms with Crippen molar-refractivity contribution in [1.82, 2.24) is 25.1 Å². The van der Waals surface area contributed by atoms with Crippen molar-refractivity contribution in [3.63, 3.8) is 0 Å². The zero-order valence-electron chi connectivity index (χ0n) is 15.8. The molecule has 3 aromatic rings. The second kappa shape index (κ2) is 8.39. The molecule has 0 unspecified atom stereocenters. The van der Waals surface area contributed by atoms with Gasteiger partial charge in [0, 0.05) is 5.69 Å². The maximum atomic E-state index is 12.7. The van der Waals surface area contributed by atoms with Gasteiger partial charge in [0.05, 0.1) is 24.3 Å². The standard InChI is InChI=1S/C19H19F3N6O/c1-13-3-7-15(8-4-13)23-18(29)12-27(2)11-17-24-25-26-28(17)16-9-5-14(6-10-16)19(20,21)22/h3-10H,11-12H2,1-2H3,(H,23,29). The zero-order valence-corrected chi connectivity index (χ0v) is 15.8. The minimum absolute atomic E-state index is 0.0910. The van der Waals surface area contributed by atoms with Crippen LogP contribution >= 0.6 is 0 Å². The monoisotopic (exact) mass is 404 g/mol. The molecule has 1 amide bonds. The molecule has 0 saturated heterocycles. The van der Waals surface area contributed by atoms with E-state index in [-0.39, 0.29) is 19.0 Å². The van der Waals surface area contributed by atoms with Crippen molar-refractivity contribution in [1.29, 1.82) is 0 Å². The average molecular weight is 404 g/mol. The molecule has 0 aliphatic rings. The van der Waals surface area contributed by atoms with Gasteiger partial charge in [-0.3, -0.25) is 9.69 Å². The quantitative estimate of drug-likeness (QED) is 0.684. The molecule has 152 valence electrons. The third-order valence-corrected chi connectivity index (χ3v) is 4.13. The number of aromatic nitrogens is 4. The normalized spacial score (nSPS) is 11.7. The van der Waals surface area contributed by atoms with E-state index in [0.717, 1.165) is 17.7 Å². The Morgan fingerprint density at radius 1 is 1.10 bits per heavy atom. The number of benzene rings is 2. The Balaban J connectivity index is 1.63. The smallest absolute Gasteiger partial charge is 0.325 e. The van der Waals surface area contributed by atoms with E-state index in [9.17, 15) is 18.0 Å². The first-order valence-electron chi connectivity index (χ1n) is 8.72. The number of hydrogen-bond donors (Lipinski definition) is 1. The number of amides is 1. The van der Waals surface area contributed by atoms with Crippen LogP contribution < -0.4 is 5.32 Å². The summed E-state index contributed by atoms with van der Waals surface area (Å²) in [6, 6.07) is 12.0. The van der Waals surface area contributed by atoms with Gasteiger partial charge in [0.2, 0.25) is 5.91 Å². The Kier molecular flexibility index (Phi) is 5.92. The zero-order chi connectivity index (χ0) is 21.0. The van der Waals surface area contributed by atoms with Crippen molar-refractivity contribution in [2.24, 2.45) is 0 Å². The predicted molar refractivity (Wildman–Crippen MR) is 100 cm³/mol. The van der Waals surface area contributed by atoms with Gasteiger partial charge in [-0.25, -0.2) is 0 Å². The topological polar surface area (TPSA) is 75.9 Å². The number of tetrazole rings is 1. The van der Waals surface area contributed by atoms with E-state index in [0.29, 0.717) is 17.2 Å². The van der Waals surface area contributed by atoms with E-state index < -0.39 is 11.7 Å². The molecule has 1 heterocycles. The van der Waals surface area contributed by atoms with Crippen LogP contribution in [0.15, 0.2) is 48.5 Å². The van der Waals surface area contributed by atoms with Crippen LogP contribution in [0.2, 0.25) is 0 Å². The minimum atomic E-state index is -4.41. The Morgan fingerprint density at radius 2 is 1.76 bits per heavy atom. The van der Waals surface area contributed by atoms with Crippen LogP contribution in [0.4, 0.5) is 18.9 Å². The number of likely N-dealkylation sites (N-methyl/N-ethyl adjacent to an activating group) is 1. The first-order valence-corrected chi connectivity index (χ1v) is 8.72. The number of nitrogens with zero attached hydrogens (tertiary/aromatic N) is 5. The number of nitrogens with one attached hydrogen (secondary N) is 1. The van der Waals surface area contributed by atoms with E-state index in [1.54, 1.807) is 11.9 Å². The number of rotatable bonds is 6. The van der Waals surface area contributed by atoms with E-state index in [4.69, 9.17) is 0 Å². The van der Waals surface area contributed by atoms with Crippen LogP contribution in [0.1, 0.15) is 17.0 Å². The highest BCUT2D eigenvalue weighted by Crippen LogP contribution is 2.29. The van der Waals surface area contributed by atoms with Gasteiger partial charge in [0.1, 0.15) is 0 Å². The lowest BCUT2D eigenvalue weighted by atomic mass is 10.2. The summed E-state index contributed by atoms with van der Waals surface area (Å²) >= 11 is 0. The number of carbonyl (C=O) groups is 1. The maximum absolute atomic E-state index is 12.7. The molecule has 0 aliphatic carbocycles. The van der Waals surface area contributed by atoms with Gasteiger partial charge in [0.25, 0.3) is 0 Å². The van der Waals surface area contributed by atoms with Gasteiger partial charge in [-0.1, -0.05) is 17.7 Å². The van der Waals surface area contributed by atoms with E-state index in [1.165, 1.54) is 16.8 Å². The number of carbonyl (C=O) groups excluding carboxylic acids is 1. The molecular formula is C19H19F3N6O. The third-order valence-electron chi connectivity index (χ3n) is 4.13. The third kappa shape index (κ3) is 5.38. The van der Waals surface area contributed by atoms with Crippen molar-refractivity contribution < 1.29 is 18.0 Å². The molecular weight excluding hydrogens is 385 g/mol. The van der Waals surface area contributed by atoms with E-state index >= 15 is 0 Å². The Bertz CT molecular complexity index is 967. The fourth-order valence-corrected chi connectivity index (χ4v) is 2.68. The van der Waals surface area contributed by atoms with E-state index in [1.807, 2.05) is 31.2 Å². The van der Waals surface area contributed by atoms with Gasteiger partial charge in [-0.05, 0) is 60.8 Å². The fourth-order valence-electron chi connectivity index (χ4n) is 2.68. The highest BCUT2D eigenvalue weighted by molar-refractivity contribution is 5.92. The molecule has 0 spiro atoms. The van der Waals surface area contributed by atoms with Crippen LogP contribution in [0, 0.1) is 6.92 Å². The molecule has 3 rings (SSSR count). The van der Waals surface area contributed by atoms with E-state index in [2.05, 4.69) is 20.8 Å². The summed E-state index contributed by atoms with van der Waals surface area (Å²) in [5.74, 6) is 0.195. The summed E-state index contributed by atoms with van der Waals surface area (Å²) in [5.41, 5.74) is 1.44. The van der Waals surface area contributed by atoms with Crippen molar-refractivity contribution in [2.75, 3.05) is 18.9 Å². The number of hydrogen-bond acceptors (Lipinski definition) is 5. The van der Waals surface area contributed by atoms with Crippen molar-refractivity contribution in [3.05, 3.63) is 65.5 Å². The molecule has 0 saturated carbocycles. The lowest BCUT2D eigenvalue weighted by molar-refractivity contribution is -0.137. The Labute approximate surface area is 165 Å². The summed E-state index contributed by atoms with van der Waals surface area (Å²) in [6.45, 7) is 2.28. The molecule has 0 radical (unpaired) electrons. The molecule has 29 heavy (non-hydrogen) atoms. The first kappa shape index (κ1) is 20.5. The van der Waals surface area contributed by atoms with Gasteiger partial charge in [-0.15, -0.1) is 5.10 Å². The molecule has 0 atom stereocenters. The van der Waals surface area contributed by atoms with Gasteiger partial charge in [-0.2, -0.15) is 17.9 Å². The largest absolute Gasteiger partial charge is 0.416 e. The lowest BCUT2D eigenvalue weighted by Crippen LogP contribution is -2.30. The van der Waals surface area contributed by atoms with Crippen molar-refractivity contribution >= 4 is 11.6 Å². The van der Waals surface area contributed by atoms with Crippen molar-refractivity contribution in [2.45, 2.75) is 19.6 Å². The molecule has 1 aromatic heterocycles. The molecule has 0 aliphatic heterocycles. The summed E-state index contributed by atoms with van der Waals surface area (Å²) in [7, 11) is 1.72. The summed E-state index contributed by atoms with van der Waals surface area (Å²) in [6.07, 6.45) is -4.41. The Hall–Kier alpha value is -3.27. The molecule has 7 nitrogen and oxygen atoms in total. The second-order valence-corrected chi connectivity index (χ2v) is 6.64. The first-order chi connectivity index (χ1) is 13.7. The number of aryl methyl sites for hydroxylation is 1. The SMILES string of the molecule is Cc1ccc(NC(=O)CN(C)Cc2nnnn2-c2ccc(C(F)(F)F)cc2)cc1. The summed E-state index contributed by atoms with van der Waals surface area (Å²) < 4.78 is 39.5. The van der Waals surface area contributed by atoms with Crippen LogP contribution in [0.5, 0.6) is 0 Å². The summed E-state index contributed by atoms with van der Waals surface area (Å²) in [4.78, 5) is 13.9. The van der Waals surface area contributed by atoms with Crippen LogP contribution in [0.3, 0.4) is 0 Å². The number of alkyl halides is 3. The second-order valence-electron chi connectivity index (χ2n) is 6.64. The predicted octanol–water partition coefficient (Wildman–Crippen LogP) is 3.06.